The Balaban J connectivity index is 2.40. The Labute approximate surface area is 97.8 Å². The number of halogens is 2. The third-order valence-electron chi connectivity index (χ3n) is 2.54. The molecule has 0 fully saturated rings. The summed E-state index contributed by atoms with van der Waals surface area (Å²) in [6, 6.07) is 2.22. The molecule has 2 rings (SSSR count). The molecule has 0 radical (unpaired) electrons. The average molecular weight is 265 g/mol. The minimum Gasteiger partial charge on any atom is -0.216 e. The molecule has 0 bridgehead atoms. The van der Waals surface area contributed by atoms with Crippen LogP contribution in [0.5, 0.6) is 0 Å². The van der Waals surface area contributed by atoms with E-state index in [0.717, 1.165) is 5.56 Å². The van der Waals surface area contributed by atoms with Crippen molar-refractivity contribution >= 4 is 21.8 Å². The lowest BCUT2D eigenvalue weighted by atomic mass is 10.1. The van der Waals surface area contributed by atoms with Gasteiger partial charge in [-0.25, -0.2) is 9.53 Å². The molecule has 1 aliphatic carbocycles. The lowest BCUT2D eigenvalue weighted by Gasteiger charge is -2.12. The first-order valence-electron chi connectivity index (χ1n) is 4.64. The van der Waals surface area contributed by atoms with Crippen molar-refractivity contribution in [1.29, 1.82) is 0 Å². The van der Waals surface area contributed by atoms with E-state index in [9.17, 15) is 12.8 Å². The van der Waals surface area contributed by atoms with Crippen molar-refractivity contribution in [3.8, 4) is 0 Å². The second kappa shape index (κ2) is 3.96. The summed E-state index contributed by atoms with van der Waals surface area (Å²) in [5, 5.41) is 5.18. The summed E-state index contributed by atoms with van der Waals surface area (Å²) >= 11 is 5.71. The molecule has 1 aromatic carbocycles. The number of rotatable bonds is 2. The van der Waals surface area contributed by atoms with Crippen LogP contribution in [0, 0.1) is 5.82 Å². The topological polar surface area (TPSA) is 72.2 Å². The van der Waals surface area contributed by atoms with Gasteiger partial charge in [-0.1, -0.05) is 11.6 Å². The molecule has 1 aromatic rings. The molecule has 0 unspecified atom stereocenters. The van der Waals surface area contributed by atoms with Crippen LogP contribution in [-0.2, 0) is 16.6 Å². The van der Waals surface area contributed by atoms with Crippen molar-refractivity contribution in [2.75, 3.05) is 0 Å². The van der Waals surface area contributed by atoms with E-state index in [2.05, 4.69) is 4.72 Å². The number of aryl methyl sites for hydroxylation is 1. The Morgan fingerprint density at radius 3 is 2.81 bits per heavy atom. The number of benzene rings is 1. The van der Waals surface area contributed by atoms with Crippen molar-refractivity contribution in [1.82, 2.24) is 4.72 Å². The predicted molar refractivity (Wildman–Crippen MR) is 58.7 cm³/mol. The molecule has 0 saturated heterocycles. The molecule has 0 heterocycles. The Bertz CT molecular complexity index is 533. The number of hydrogen-bond donors (Lipinski definition) is 2. The SMILES string of the molecule is NS(=O)(=O)N[C@H]1CCc2cc(Cl)cc(F)c21. The van der Waals surface area contributed by atoms with Gasteiger partial charge in [0, 0.05) is 10.6 Å². The molecule has 1 aliphatic rings. The number of fused-ring (bicyclic) bond motifs is 1. The van der Waals surface area contributed by atoms with Gasteiger partial charge in [0.2, 0.25) is 0 Å². The molecule has 0 saturated carbocycles. The molecule has 3 N–H and O–H groups in total. The zero-order valence-electron chi connectivity index (χ0n) is 8.20. The highest BCUT2D eigenvalue weighted by Gasteiger charge is 2.28. The fourth-order valence-corrected chi connectivity index (χ4v) is 2.86. The van der Waals surface area contributed by atoms with Crippen molar-refractivity contribution in [2.45, 2.75) is 18.9 Å². The molecule has 88 valence electrons. The highest BCUT2D eigenvalue weighted by atomic mass is 35.5. The third kappa shape index (κ3) is 2.35. The van der Waals surface area contributed by atoms with Gasteiger partial charge in [0.05, 0.1) is 6.04 Å². The maximum absolute atomic E-state index is 13.6. The van der Waals surface area contributed by atoms with Gasteiger partial charge in [-0.2, -0.15) is 13.1 Å². The van der Waals surface area contributed by atoms with Crippen LogP contribution < -0.4 is 9.86 Å². The largest absolute Gasteiger partial charge is 0.274 e. The Morgan fingerprint density at radius 2 is 2.19 bits per heavy atom. The molecule has 4 nitrogen and oxygen atoms in total. The first-order chi connectivity index (χ1) is 7.37. The van der Waals surface area contributed by atoms with Gasteiger partial charge in [-0.3, -0.25) is 0 Å². The average Bonchev–Trinajstić information content (AvgIpc) is 2.44. The second-order valence-electron chi connectivity index (χ2n) is 3.71. The molecule has 16 heavy (non-hydrogen) atoms. The molecule has 0 amide bonds. The monoisotopic (exact) mass is 264 g/mol. The molecular weight excluding hydrogens is 255 g/mol. The van der Waals surface area contributed by atoms with E-state index in [1.807, 2.05) is 0 Å². The van der Waals surface area contributed by atoms with Crippen LogP contribution in [0.25, 0.3) is 0 Å². The fraction of sp³-hybridized carbons (Fsp3) is 0.333. The van der Waals surface area contributed by atoms with Crippen molar-refractivity contribution in [2.24, 2.45) is 5.14 Å². The van der Waals surface area contributed by atoms with Gasteiger partial charge in [0.1, 0.15) is 5.82 Å². The second-order valence-corrected chi connectivity index (χ2v) is 5.48. The predicted octanol–water partition coefficient (Wildman–Crippen LogP) is 1.26. The molecular formula is C9H10ClFN2O2S. The van der Waals surface area contributed by atoms with Crippen LogP contribution >= 0.6 is 11.6 Å². The smallest absolute Gasteiger partial charge is 0.216 e. The van der Waals surface area contributed by atoms with Gasteiger partial charge in [0.25, 0.3) is 10.2 Å². The summed E-state index contributed by atoms with van der Waals surface area (Å²) in [4.78, 5) is 0. The summed E-state index contributed by atoms with van der Waals surface area (Å²) < 4.78 is 37.6. The molecule has 0 aliphatic heterocycles. The van der Waals surface area contributed by atoms with Crippen LogP contribution in [0.15, 0.2) is 12.1 Å². The summed E-state index contributed by atoms with van der Waals surface area (Å²) in [6.07, 6.45) is 1.07. The van der Waals surface area contributed by atoms with Crippen molar-refractivity contribution in [3.63, 3.8) is 0 Å². The Kier molecular flexibility index (Phi) is 2.91. The highest BCUT2D eigenvalue weighted by molar-refractivity contribution is 7.87. The normalized spacial score (nSPS) is 19.8. The van der Waals surface area contributed by atoms with E-state index in [1.165, 1.54) is 6.07 Å². The zero-order chi connectivity index (χ0) is 11.9. The standard InChI is InChI=1S/C9H10ClFN2O2S/c10-6-3-5-1-2-8(13-16(12,14)15)9(5)7(11)4-6/h3-4,8,13H,1-2H2,(H2,12,14,15)/t8-/m0/s1. The van der Waals surface area contributed by atoms with E-state index >= 15 is 0 Å². The minimum atomic E-state index is -3.83. The van der Waals surface area contributed by atoms with Gasteiger partial charge in [-0.15, -0.1) is 0 Å². The van der Waals surface area contributed by atoms with Crippen LogP contribution in [0.1, 0.15) is 23.6 Å². The number of nitrogens with one attached hydrogen (secondary N) is 1. The van der Waals surface area contributed by atoms with E-state index in [0.29, 0.717) is 23.4 Å². The quantitative estimate of drug-likeness (QED) is 0.844. The first kappa shape index (κ1) is 11.8. The zero-order valence-corrected chi connectivity index (χ0v) is 9.78. The van der Waals surface area contributed by atoms with Crippen LogP contribution in [0.4, 0.5) is 4.39 Å². The maximum Gasteiger partial charge on any atom is 0.274 e. The molecule has 0 aromatic heterocycles. The number of nitrogens with two attached hydrogens (primary N) is 1. The summed E-state index contributed by atoms with van der Waals surface area (Å²) in [6.45, 7) is 0. The van der Waals surface area contributed by atoms with E-state index in [-0.39, 0.29) is 0 Å². The minimum absolute atomic E-state index is 0.313. The third-order valence-corrected chi connectivity index (χ3v) is 3.37. The fourth-order valence-electron chi connectivity index (χ4n) is 2.00. The first-order valence-corrected chi connectivity index (χ1v) is 6.57. The van der Waals surface area contributed by atoms with E-state index < -0.39 is 22.1 Å². The highest BCUT2D eigenvalue weighted by Crippen LogP contribution is 2.35. The van der Waals surface area contributed by atoms with Crippen molar-refractivity contribution < 1.29 is 12.8 Å². The van der Waals surface area contributed by atoms with Gasteiger partial charge >= 0.3 is 0 Å². The van der Waals surface area contributed by atoms with Crippen LogP contribution in [0.2, 0.25) is 5.02 Å². The maximum atomic E-state index is 13.6. The lowest BCUT2D eigenvalue weighted by Crippen LogP contribution is -2.33. The number of hydrogen-bond acceptors (Lipinski definition) is 2. The Morgan fingerprint density at radius 1 is 1.50 bits per heavy atom. The molecule has 1 atom stereocenters. The summed E-state index contributed by atoms with van der Waals surface area (Å²) in [7, 11) is -3.83. The summed E-state index contributed by atoms with van der Waals surface area (Å²) in [5.74, 6) is -0.499. The van der Waals surface area contributed by atoms with E-state index in [4.69, 9.17) is 16.7 Å². The van der Waals surface area contributed by atoms with Crippen LogP contribution in [-0.4, -0.2) is 8.42 Å². The Hall–Kier alpha value is -0.690. The lowest BCUT2D eigenvalue weighted by molar-refractivity contribution is 0.539. The van der Waals surface area contributed by atoms with Gasteiger partial charge in [-0.05, 0) is 30.5 Å². The van der Waals surface area contributed by atoms with E-state index in [1.54, 1.807) is 6.07 Å². The molecule has 7 heteroatoms. The van der Waals surface area contributed by atoms with Gasteiger partial charge < -0.3 is 0 Å². The van der Waals surface area contributed by atoms with Crippen LogP contribution in [0.3, 0.4) is 0 Å². The summed E-state index contributed by atoms with van der Waals surface area (Å²) in [5.41, 5.74) is 1.07. The molecule has 0 spiro atoms. The van der Waals surface area contributed by atoms with Gasteiger partial charge in [0.15, 0.2) is 0 Å². The van der Waals surface area contributed by atoms with Crippen molar-refractivity contribution in [3.05, 3.63) is 34.1 Å².